The van der Waals surface area contributed by atoms with Crippen molar-refractivity contribution < 1.29 is 4.42 Å². The number of furan rings is 1. The Hall–Kier alpha value is -3.72. The van der Waals surface area contributed by atoms with E-state index >= 15 is 0 Å². The van der Waals surface area contributed by atoms with E-state index in [9.17, 15) is 0 Å². The zero-order valence-electron chi connectivity index (χ0n) is 19.2. The van der Waals surface area contributed by atoms with Gasteiger partial charge in [0.2, 0.25) is 0 Å². The number of para-hydroxylation sites is 2. The van der Waals surface area contributed by atoms with E-state index in [1.165, 1.54) is 0 Å². The van der Waals surface area contributed by atoms with Gasteiger partial charge in [-0.2, -0.15) is 0 Å². The second-order valence-electron chi connectivity index (χ2n) is 8.57. The van der Waals surface area contributed by atoms with Crippen LogP contribution in [0.2, 0.25) is 0 Å². The van der Waals surface area contributed by atoms with E-state index in [1.54, 1.807) is 0 Å². The third-order valence-electron chi connectivity index (χ3n) is 6.19. The van der Waals surface area contributed by atoms with E-state index in [4.69, 9.17) is 14.4 Å². The molecule has 5 rings (SSSR count). The molecule has 0 unspecified atom stereocenters. The van der Waals surface area contributed by atoms with Crippen LogP contribution in [-0.2, 0) is 0 Å². The largest absolute Gasteiger partial charge is 0.463 e. The zero-order chi connectivity index (χ0) is 22.4. The van der Waals surface area contributed by atoms with Gasteiger partial charge >= 0.3 is 0 Å². The Morgan fingerprint density at radius 2 is 1.03 bits per heavy atom. The predicted molar refractivity (Wildman–Crippen MR) is 133 cm³/mol. The molecule has 0 radical (unpaired) electrons. The van der Waals surface area contributed by atoms with E-state index in [2.05, 4.69) is 89.2 Å². The fraction of sp³-hybridized carbons (Fsp3) is 0.172. The number of hydrogen-bond acceptors (Lipinski definition) is 3. The third-order valence-corrected chi connectivity index (χ3v) is 6.19. The topological polar surface area (TPSA) is 37.9 Å². The Morgan fingerprint density at radius 1 is 0.531 bits per heavy atom. The van der Waals surface area contributed by atoms with Crippen molar-refractivity contribution in [1.82, 2.24) is 0 Å². The first-order chi connectivity index (χ1) is 15.5. The Morgan fingerprint density at radius 3 is 1.59 bits per heavy atom. The van der Waals surface area contributed by atoms with Crippen LogP contribution in [0.5, 0.6) is 0 Å². The molecule has 3 nitrogen and oxygen atoms in total. The first-order valence-corrected chi connectivity index (χ1v) is 10.9. The molecule has 3 heteroatoms. The van der Waals surface area contributed by atoms with E-state index in [-0.39, 0.29) is 0 Å². The molecular formula is C29H26N2O. The zero-order valence-corrected chi connectivity index (χ0v) is 19.2. The van der Waals surface area contributed by atoms with Crippen molar-refractivity contribution in [2.45, 2.75) is 34.6 Å². The molecule has 0 spiro atoms. The first-order valence-electron chi connectivity index (χ1n) is 10.9. The summed E-state index contributed by atoms with van der Waals surface area (Å²) in [6.07, 6.45) is 1.82. The van der Waals surface area contributed by atoms with Gasteiger partial charge < -0.3 is 4.42 Å². The van der Waals surface area contributed by atoms with Crippen molar-refractivity contribution in [1.29, 1.82) is 0 Å². The van der Waals surface area contributed by atoms with Gasteiger partial charge in [0.15, 0.2) is 0 Å². The summed E-state index contributed by atoms with van der Waals surface area (Å²) in [6.45, 7) is 10.5. The van der Waals surface area contributed by atoms with Crippen molar-refractivity contribution in [2.24, 2.45) is 9.98 Å². The summed E-state index contributed by atoms with van der Waals surface area (Å²) in [5.74, 6) is 0.864. The minimum absolute atomic E-state index is 0.864. The maximum atomic E-state index is 6.05. The number of hydrogen-bond donors (Lipinski definition) is 0. The molecule has 0 saturated heterocycles. The second-order valence-corrected chi connectivity index (χ2v) is 8.57. The van der Waals surface area contributed by atoms with E-state index < -0.39 is 0 Å². The van der Waals surface area contributed by atoms with Crippen LogP contribution >= 0.6 is 0 Å². The highest BCUT2D eigenvalue weighted by Crippen LogP contribution is 2.39. The highest BCUT2D eigenvalue weighted by Gasteiger charge is 2.31. The van der Waals surface area contributed by atoms with Gasteiger partial charge in [-0.1, -0.05) is 60.7 Å². The highest BCUT2D eigenvalue weighted by molar-refractivity contribution is 6.57. The maximum absolute atomic E-state index is 6.05. The average molecular weight is 419 g/mol. The molecule has 3 aromatic carbocycles. The van der Waals surface area contributed by atoms with Crippen LogP contribution in [0.15, 0.2) is 81.3 Å². The molecule has 4 aromatic rings. The lowest BCUT2D eigenvalue weighted by Crippen LogP contribution is -2.23. The van der Waals surface area contributed by atoms with Crippen molar-refractivity contribution >= 4 is 22.8 Å². The molecule has 0 atom stereocenters. The van der Waals surface area contributed by atoms with Gasteiger partial charge in [0.1, 0.15) is 11.5 Å². The fourth-order valence-corrected chi connectivity index (χ4v) is 4.48. The minimum Gasteiger partial charge on any atom is -0.463 e. The highest BCUT2D eigenvalue weighted by atomic mass is 16.3. The molecule has 0 amide bonds. The number of aryl methyl sites for hydroxylation is 5. The summed E-state index contributed by atoms with van der Waals surface area (Å²) in [5, 5.41) is 0. The summed E-state index contributed by atoms with van der Waals surface area (Å²) in [7, 11) is 0. The number of rotatable bonds is 2. The molecule has 0 fully saturated rings. The molecule has 1 heterocycles. The number of benzene rings is 3. The van der Waals surface area contributed by atoms with Crippen molar-refractivity contribution in [2.75, 3.05) is 0 Å². The molecule has 0 aliphatic heterocycles. The number of aliphatic imine (C=N–C) groups is 2. The van der Waals surface area contributed by atoms with E-state index in [1.807, 2.05) is 12.3 Å². The molecule has 158 valence electrons. The first kappa shape index (κ1) is 20.2. The summed E-state index contributed by atoms with van der Waals surface area (Å²) in [6, 6.07) is 20.9. The Labute approximate surface area is 189 Å². The van der Waals surface area contributed by atoms with Gasteiger partial charge in [0.05, 0.1) is 28.9 Å². The minimum atomic E-state index is 0.864. The lowest BCUT2D eigenvalue weighted by atomic mass is 9.85. The Balaban J connectivity index is 1.88. The predicted octanol–water partition coefficient (Wildman–Crippen LogP) is 7.74. The molecule has 32 heavy (non-hydrogen) atoms. The monoisotopic (exact) mass is 418 g/mol. The van der Waals surface area contributed by atoms with Gasteiger partial charge in [-0.3, -0.25) is 0 Å². The summed E-state index contributed by atoms with van der Waals surface area (Å²) in [4.78, 5) is 10.5. The fourth-order valence-electron chi connectivity index (χ4n) is 4.48. The van der Waals surface area contributed by atoms with Gasteiger partial charge in [-0.25, -0.2) is 9.98 Å². The van der Waals surface area contributed by atoms with Crippen LogP contribution < -0.4 is 0 Å². The van der Waals surface area contributed by atoms with E-state index in [0.29, 0.717) is 0 Å². The van der Waals surface area contributed by atoms with Crippen LogP contribution in [0.3, 0.4) is 0 Å². The van der Waals surface area contributed by atoms with Crippen molar-refractivity contribution in [3.8, 4) is 11.3 Å². The van der Waals surface area contributed by atoms with Crippen molar-refractivity contribution in [3.63, 3.8) is 0 Å². The molecular weight excluding hydrogens is 392 g/mol. The normalized spacial score (nSPS) is 15.2. The van der Waals surface area contributed by atoms with Crippen molar-refractivity contribution in [3.05, 3.63) is 106 Å². The summed E-state index contributed by atoms with van der Waals surface area (Å²) in [5.41, 5.74) is 12.5. The SMILES string of the molecule is Cc1cccc(C)c1/N=C1/C(=N/c2c(C)cccc2C)c2c(C)coc2-c2ccccc21. The summed E-state index contributed by atoms with van der Waals surface area (Å²) >= 11 is 0. The third kappa shape index (κ3) is 3.21. The Kier molecular flexibility index (Phi) is 4.90. The molecule has 1 aromatic heterocycles. The molecule has 0 saturated carbocycles. The second kappa shape index (κ2) is 7.76. The van der Waals surface area contributed by atoms with Gasteiger partial charge in [0, 0.05) is 11.1 Å². The van der Waals surface area contributed by atoms with Crippen LogP contribution in [0.25, 0.3) is 11.3 Å². The number of fused-ring (bicyclic) bond motifs is 3. The molecule has 0 N–H and O–H groups in total. The van der Waals surface area contributed by atoms with Crippen LogP contribution in [0, 0.1) is 34.6 Å². The number of nitrogens with zero attached hydrogens (tertiary/aromatic N) is 2. The summed E-state index contributed by atoms with van der Waals surface area (Å²) < 4.78 is 6.05. The maximum Gasteiger partial charge on any atom is 0.144 e. The lowest BCUT2D eigenvalue weighted by molar-refractivity contribution is 0.579. The van der Waals surface area contributed by atoms with Crippen LogP contribution in [-0.4, -0.2) is 11.4 Å². The van der Waals surface area contributed by atoms with Crippen LogP contribution in [0.1, 0.15) is 38.9 Å². The molecule has 0 bridgehead atoms. The lowest BCUT2D eigenvalue weighted by Gasteiger charge is -2.21. The van der Waals surface area contributed by atoms with Gasteiger partial charge in [0.25, 0.3) is 0 Å². The molecule has 1 aliphatic carbocycles. The standard InChI is InChI=1S/C29H26N2O/c1-17-10-8-11-18(2)25(17)30-27-22-14-6-7-15-23(22)29-24(21(5)16-32-29)28(27)31-26-19(3)12-9-13-20(26)4/h6-16H,1-5H3/b30-27+,31-28+. The Bertz CT molecular complexity index is 1380. The van der Waals surface area contributed by atoms with Gasteiger partial charge in [-0.15, -0.1) is 0 Å². The smallest absolute Gasteiger partial charge is 0.144 e. The van der Waals surface area contributed by atoms with Gasteiger partial charge in [-0.05, 0) is 62.4 Å². The molecule has 1 aliphatic rings. The van der Waals surface area contributed by atoms with Crippen LogP contribution in [0.4, 0.5) is 11.4 Å². The average Bonchev–Trinajstić information content (AvgIpc) is 3.16. The van der Waals surface area contributed by atoms with E-state index in [0.717, 1.165) is 73.1 Å². The quantitative estimate of drug-likeness (QED) is 0.328.